The number of nitrogens with one attached hydrogen (secondary N) is 1. The molecule has 2 unspecified atom stereocenters. The van der Waals surface area contributed by atoms with E-state index in [1.165, 1.54) is 47.4 Å². The Bertz CT molecular complexity index is 1130. The molecule has 1 N–H and O–H groups in total. The van der Waals surface area contributed by atoms with Crippen LogP contribution in [0.25, 0.3) is 0 Å². The van der Waals surface area contributed by atoms with E-state index in [0.29, 0.717) is 12.0 Å². The Morgan fingerprint density at radius 3 is 2.26 bits per heavy atom. The standard InChI is InChI=1S/C23H28Cl2FN3O4S/c1-5-15(2)27-23(31)16(3)28(13-17-6-9-19(26)10-7-17)22(30)14-29(34(4,32)33)21-12-18(24)8-11-20(21)25/h6-12,15-16H,5,13-14H2,1-4H3,(H,27,31). The van der Waals surface area contributed by atoms with Crippen LogP contribution in [0.2, 0.25) is 10.0 Å². The molecule has 0 radical (unpaired) electrons. The van der Waals surface area contributed by atoms with E-state index in [1.807, 2.05) is 13.8 Å². The average molecular weight is 532 g/mol. The minimum Gasteiger partial charge on any atom is -0.352 e. The molecule has 0 aromatic heterocycles. The molecule has 0 bridgehead atoms. The number of benzene rings is 2. The zero-order valence-electron chi connectivity index (χ0n) is 19.4. The van der Waals surface area contributed by atoms with Gasteiger partial charge in [0.15, 0.2) is 0 Å². The van der Waals surface area contributed by atoms with Gasteiger partial charge in [0.1, 0.15) is 18.4 Å². The topological polar surface area (TPSA) is 86.8 Å². The molecule has 7 nitrogen and oxygen atoms in total. The van der Waals surface area contributed by atoms with Crippen molar-refractivity contribution in [3.05, 3.63) is 63.9 Å². The molecule has 0 aliphatic carbocycles. The van der Waals surface area contributed by atoms with Gasteiger partial charge in [-0.1, -0.05) is 42.3 Å². The number of halogens is 3. The number of hydrogen-bond donors (Lipinski definition) is 1. The van der Waals surface area contributed by atoms with E-state index >= 15 is 0 Å². The molecule has 0 heterocycles. The molecule has 34 heavy (non-hydrogen) atoms. The first-order chi connectivity index (χ1) is 15.8. The number of rotatable bonds is 10. The second-order valence-corrected chi connectivity index (χ2v) is 10.8. The monoisotopic (exact) mass is 531 g/mol. The second kappa shape index (κ2) is 11.9. The third-order valence-corrected chi connectivity index (χ3v) is 6.97. The van der Waals surface area contributed by atoms with Crippen LogP contribution in [0, 0.1) is 5.82 Å². The predicted molar refractivity (Wildman–Crippen MR) is 133 cm³/mol. The van der Waals surface area contributed by atoms with Gasteiger partial charge in [0.05, 0.1) is 17.0 Å². The number of carbonyl (C=O) groups excluding carboxylic acids is 2. The third-order valence-electron chi connectivity index (χ3n) is 5.29. The van der Waals surface area contributed by atoms with E-state index < -0.39 is 40.2 Å². The summed E-state index contributed by atoms with van der Waals surface area (Å²) in [5.41, 5.74) is 0.619. The van der Waals surface area contributed by atoms with Crippen molar-refractivity contribution in [3.63, 3.8) is 0 Å². The predicted octanol–water partition coefficient (Wildman–Crippen LogP) is 4.23. The van der Waals surface area contributed by atoms with Crippen LogP contribution >= 0.6 is 23.2 Å². The largest absolute Gasteiger partial charge is 0.352 e. The van der Waals surface area contributed by atoms with Crippen molar-refractivity contribution in [2.75, 3.05) is 17.1 Å². The van der Waals surface area contributed by atoms with E-state index in [0.717, 1.165) is 10.6 Å². The van der Waals surface area contributed by atoms with Gasteiger partial charge < -0.3 is 10.2 Å². The normalized spacial score (nSPS) is 13.1. The van der Waals surface area contributed by atoms with Crippen LogP contribution in [0.4, 0.5) is 10.1 Å². The zero-order chi connectivity index (χ0) is 25.6. The van der Waals surface area contributed by atoms with Gasteiger partial charge in [-0.2, -0.15) is 0 Å². The summed E-state index contributed by atoms with van der Waals surface area (Å²) >= 11 is 12.2. The van der Waals surface area contributed by atoms with Crippen molar-refractivity contribution in [3.8, 4) is 0 Å². The lowest BCUT2D eigenvalue weighted by atomic mass is 10.1. The fourth-order valence-corrected chi connectivity index (χ4v) is 4.40. The SMILES string of the molecule is CCC(C)NC(=O)C(C)N(Cc1ccc(F)cc1)C(=O)CN(c1cc(Cl)ccc1Cl)S(C)(=O)=O. The summed E-state index contributed by atoms with van der Waals surface area (Å²) < 4.78 is 39.4. The summed E-state index contributed by atoms with van der Waals surface area (Å²) in [7, 11) is -3.94. The molecule has 2 atom stereocenters. The molecule has 0 saturated heterocycles. The molecule has 186 valence electrons. The Morgan fingerprint density at radius 2 is 1.71 bits per heavy atom. The highest BCUT2D eigenvalue weighted by molar-refractivity contribution is 7.92. The summed E-state index contributed by atoms with van der Waals surface area (Å²) in [5.74, 6) is -1.47. The number of nitrogens with zero attached hydrogens (tertiary/aromatic N) is 2. The van der Waals surface area contributed by atoms with E-state index in [4.69, 9.17) is 23.2 Å². The molecule has 0 aliphatic heterocycles. The maximum absolute atomic E-state index is 13.4. The summed E-state index contributed by atoms with van der Waals surface area (Å²) in [4.78, 5) is 27.5. The quantitative estimate of drug-likeness (QED) is 0.496. The fraction of sp³-hybridized carbons (Fsp3) is 0.391. The molecule has 0 fully saturated rings. The van der Waals surface area contributed by atoms with Gasteiger partial charge in [0.25, 0.3) is 0 Å². The molecule has 0 spiro atoms. The number of anilines is 1. The molecule has 11 heteroatoms. The van der Waals surface area contributed by atoms with Gasteiger partial charge >= 0.3 is 0 Å². The fourth-order valence-electron chi connectivity index (χ4n) is 3.11. The summed E-state index contributed by atoms with van der Waals surface area (Å²) in [6, 6.07) is 8.72. The second-order valence-electron chi connectivity index (χ2n) is 8.01. The number of carbonyl (C=O) groups is 2. The van der Waals surface area contributed by atoms with Crippen molar-refractivity contribution in [1.29, 1.82) is 0 Å². The van der Waals surface area contributed by atoms with E-state index in [9.17, 15) is 22.4 Å². The highest BCUT2D eigenvalue weighted by atomic mass is 35.5. The van der Waals surface area contributed by atoms with Crippen molar-refractivity contribution in [1.82, 2.24) is 10.2 Å². The van der Waals surface area contributed by atoms with Crippen LogP contribution in [0.5, 0.6) is 0 Å². The van der Waals surface area contributed by atoms with Gasteiger partial charge in [-0.05, 0) is 56.2 Å². The van der Waals surface area contributed by atoms with Crippen LogP contribution in [0.15, 0.2) is 42.5 Å². The Balaban J connectivity index is 2.42. The molecule has 2 aromatic rings. The average Bonchev–Trinajstić information content (AvgIpc) is 2.77. The number of sulfonamides is 1. The van der Waals surface area contributed by atoms with E-state index in [-0.39, 0.29) is 28.3 Å². The lowest BCUT2D eigenvalue weighted by Crippen LogP contribution is -2.52. The maximum Gasteiger partial charge on any atom is 0.244 e. The van der Waals surface area contributed by atoms with Gasteiger partial charge in [-0.3, -0.25) is 13.9 Å². The first-order valence-electron chi connectivity index (χ1n) is 10.6. The molecule has 2 aromatic carbocycles. The van der Waals surface area contributed by atoms with Crippen molar-refractivity contribution in [2.24, 2.45) is 0 Å². The van der Waals surface area contributed by atoms with Crippen LogP contribution in [0.1, 0.15) is 32.8 Å². The van der Waals surface area contributed by atoms with Gasteiger partial charge in [-0.25, -0.2) is 12.8 Å². The zero-order valence-corrected chi connectivity index (χ0v) is 21.7. The molecule has 2 rings (SSSR count). The number of hydrogen-bond acceptors (Lipinski definition) is 4. The molecule has 2 amide bonds. The molecule has 0 saturated carbocycles. The summed E-state index contributed by atoms with van der Waals surface area (Å²) in [6.45, 7) is 4.66. The molecular formula is C23H28Cl2FN3O4S. The highest BCUT2D eigenvalue weighted by Crippen LogP contribution is 2.31. The lowest BCUT2D eigenvalue weighted by Gasteiger charge is -2.32. The highest BCUT2D eigenvalue weighted by Gasteiger charge is 2.31. The Hall–Kier alpha value is -2.36. The lowest BCUT2D eigenvalue weighted by molar-refractivity contribution is -0.139. The van der Waals surface area contributed by atoms with Crippen LogP contribution in [0.3, 0.4) is 0 Å². The van der Waals surface area contributed by atoms with Crippen LogP contribution in [-0.4, -0.2) is 50.0 Å². The minimum absolute atomic E-state index is 0.0327. The van der Waals surface area contributed by atoms with Crippen LogP contribution < -0.4 is 9.62 Å². The third kappa shape index (κ3) is 7.58. The van der Waals surface area contributed by atoms with E-state index in [2.05, 4.69) is 5.32 Å². The first kappa shape index (κ1) is 27.9. The Morgan fingerprint density at radius 1 is 1.09 bits per heavy atom. The summed E-state index contributed by atoms with van der Waals surface area (Å²) in [6.07, 6.45) is 1.64. The van der Waals surface area contributed by atoms with Crippen molar-refractivity contribution in [2.45, 2.75) is 45.8 Å². The molecule has 0 aliphatic rings. The van der Waals surface area contributed by atoms with Gasteiger partial charge in [0.2, 0.25) is 21.8 Å². The van der Waals surface area contributed by atoms with Crippen LogP contribution in [-0.2, 0) is 26.2 Å². The smallest absolute Gasteiger partial charge is 0.244 e. The van der Waals surface area contributed by atoms with Crippen molar-refractivity contribution < 1.29 is 22.4 Å². The first-order valence-corrected chi connectivity index (χ1v) is 13.2. The van der Waals surface area contributed by atoms with Gasteiger partial charge in [0, 0.05) is 17.6 Å². The minimum atomic E-state index is -3.94. The van der Waals surface area contributed by atoms with E-state index in [1.54, 1.807) is 6.92 Å². The Labute approximate surface area is 209 Å². The van der Waals surface area contributed by atoms with Gasteiger partial charge in [-0.15, -0.1) is 0 Å². The Kier molecular flexibility index (Phi) is 9.73. The van der Waals surface area contributed by atoms with Crippen molar-refractivity contribution >= 4 is 50.7 Å². The summed E-state index contributed by atoms with van der Waals surface area (Å²) in [5, 5.41) is 3.16. The molecular weight excluding hydrogens is 504 g/mol. The number of amides is 2. The maximum atomic E-state index is 13.4.